The van der Waals surface area contributed by atoms with E-state index in [1.807, 2.05) is 18.3 Å². The minimum absolute atomic E-state index is 0.0225. The van der Waals surface area contributed by atoms with Gasteiger partial charge in [0.15, 0.2) is 12.6 Å². The lowest BCUT2D eigenvalue weighted by molar-refractivity contribution is -0.0394. The third-order valence-electron chi connectivity index (χ3n) is 6.84. The zero-order valence-electron chi connectivity index (χ0n) is 22.6. The Morgan fingerprint density at radius 2 is 2.00 bits per heavy atom. The molecule has 204 valence electrons. The molecule has 2 atom stereocenters. The number of nitrogens with one attached hydrogen (secondary N) is 1. The van der Waals surface area contributed by atoms with Gasteiger partial charge in [-0.1, -0.05) is 0 Å². The molecule has 2 aliphatic heterocycles. The number of halogens is 1. The van der Waals surface area contributed by atoms with E-state index in [0.717, 1.165) is 44.6 Å². The molecule has 2 aromatic heterocycles. The van der Waals surface area contributed by atoms with Crippen molar-refractivity contribution in [1.29, 1.82) is 0 Å². The van der Waals surface area contributed by atoms with Gasteiger partial charge in [0.1, 0.15) is 17.8 Å². The Bertz CT molecular complexity index is 1220. The average Bonchev–Trinajstić information content (AvgIpc) is 3.58. The number of hydrogen-bond acceptors (Lipinski definition) is 8. The second-order valence-electron chi connectivity index (χ2n) is 11.0. The Morgan fingerprint density at radius 1 is 1.13 bits per heavy atom. The number of rotatable bonds is 8. The van der Waals surface area contributed by atoms with Gasteiger partial charge in [0.05, 0.1) is 11.9 Å². The van der Waals surface area contributed by atoms with Gasteiger partial charge in [-0.3, -0.25) is 0 Å². The van der Waals surface area contributed by atoms with Crippen LogP contribution in [0.5, 0.6) is 5.75 Å². The summed E-state index contributed by atoms with van der Waals surface area (Å²) >= 11 is 0. The van der Waals surface area contributed by atoms with Crippen molar-refractivity contribution < 1.29 is 18.6 Å². The van der Waals surface area contributed by atoms with Crippen molar-refractivity contribution in [3.63, 3.8) is 0 Å². The molecule has 2 fully saturated rings. The van der Waals surface area contributed by atoms with E-state index in [0.29, 0.717) is 40.8 Å². The molecule has 2 aliphatic rings. The molecule has 0 spiro atoms. The van der Waals surface area contributed by atoms with Gasteiger partial charge in [0.25, 0.3) is 0 Å². The number of anilines is 1. The van der Waals surface area contributed by atoms with Crippen molar-refractivity contribution in [2.24, 2.45) is 0 Å². The minimum atomic E-state index is -0.393. The predicted octanol–water partition coefficient (Wildman–Crippen LogP) is 4.79. The summed E-state index contributed by atoms with van der Waals surface area (Å²) in [6, 6.07) is 7.31. The van der Waals surface area contributed by atoms with E-state index < -0.39 is 5.82 Å². The van der Waals surface area contributed by atoms with E-state index in [4.69, 9.17) is 14.2 Å². The molecule has 38 heavy (non-hydrogen) atoms. The second kappa shape index (κ2) is 11.3. The molecule has 1 N–H and O–H groups in total. The molecule has 9 nitrogen and oxygen atoms in total. The summed E-state index contributed by atoms with van der Waals surface area (Å²) in [5, 5.41) is 17.0. The topological polar surface area (TPSA) is 86.6 Å². The number of nitrogens with zero attached hydrogens (tertiary/aromatic N) is 5. The van der Waals surface area contributed by atoms with E-state index in [9.17, 15) is 0 Å². The van der Waals surface area contributed by atoms with Gasteiger partial charge >= 0.3 is 0 Å². The van der Waals surface area contributed by atoms with Crippen LogP contribution in [0.3, 0.4) is 0 Å². The highest BCUT2D eigenvalue weighted by Crippen LogP contribution is 2.36. The summed E-state index contributed by atoms with van der Waals surface area (Å²) < 4.78 is 34.0. The maximum absolute atomic E-state index is 15.5. The first-order chi connectivity index (χ1) is 18.3. The molecule has 3 aromatic rings. The van der Waals surface area contributed by atoms with Crippen LogP contribution >= 0.6 is 0 Å². The van der Waals surface area contributed by atoms with Crippen LogP contribution in [0.2, 0.25) is 0 Å². The molecule has 4 heterocycles. The molecule has 0 saturated carbocycles. The van der Waals surface area contributed by atoms with Gasteiger partial charge in [0, 0.05) is 61.3 Å². The second-order valence-corrected chi connectivity index (χ2v) is 11.0. The third-order valence-corrected chi connectivity index (χ3v) is 6.84. The highest BCUT2D eigenvalue weighted by atomic mass is 19.1. The summed E-state index contributed by atoms with van der Waals surface area (Å²) in [5.74, 6) is 0.874. The van der Waals surface area contributed by atoms with Crippen LogP contribution in [0.1, 0.15) is 52.7 Å². The van der Waals surface area contributed by atoms with Crippen molar-refractivity contribution in [1.82, 2.24) is 25.3 Å². The van der Waals surface area contributed by atoms with Crippen molar-refractivity contribution in [2.45, 2.75) is 64.3 Å². The number of hydrogen-bond donors (Lipinski definition) is 1. The minimum Gasteiger partial charge on any atom is -0.467 e. The van der Waals surface area contributed by atoms with E-state index >= 15 is 4.39 Å². The number of aromatic nitrogens is 4. The van der Waals surface area contributed by atoms with Crippen LogP contribution in [-0.2, 0) is 9.47 Å². The van der Waals surface area contributed by atoms with Crippen LogP contribution in [0.15, 0.2) is 36.7 Å². The van der Waals surface area contributed by atoms with Crippen LogP contribution in [-0.4, -0.2) is 65.2 Å². The first kappa shape index (κ1) is 26.5. The Kier molecular flexibility index (Phi) is 7.92. The summed E-state index contributed by atoms with van der Waals surface area (Å²) in [5.41, 5.74) is 2.15. The zero-order chi connectivity index (χ0) is 26.7. The summed E-state index contributed by atoms with van der Waals surface area (Å²) in [7, 11) is 1.55. The molecular formula is C28H37FN6O3. The molecule has 10 heteroatoms. The first-order valence-corrected chi connectivity index (χ1v) is 13.3. The smallest absolute Gasteiger partial charge is 0.188 e. The fraction of sp³-hybridized carbons (Fsp3) is 0.536. The fourth-order valence-electron chi connectivity index (χ4n) is 5.12. The van der Waals surface area contributed by atoms with E-state index in [1.165, 1.54) is 6.07 Å². The van der Waals surface area contributed by atoms with Gasteiger partial charge in [-0.25, -0.2) is 9.07 Å². The fourth-order valence-corrected chi connectivity index (χ4v) is 5.12. The molecule has 1 aromatic carbocycles. The van der Waals surface area contributed by atoms with Gasteiger partial charge < -0.3 is 24.4 Å². The van der Waals surface area contributed by atoms with Crippen LogP contribution in [0, 0.1) is 5.82 Å². The SMILES string of the molecule is COCOc1cc(-c2cnn(C3CCCCO3)c2)c(F)cc1-c1ccc(N2CC[C@H](NC(C)(C)C)C2)nn1. The molecule has 0 radical (unpaired) electrons. The van der Waals surface area contributed by atoms with Crippen LogP contribution in [0.25, 0.3) is 22.4 Å². The third kappa shape index (κ3) is 6.14. The maximum atomic E-state index is 15.5. The molecule has 5 rings (SSSR count). The first-order valence-electron chi connectivity index (χ1n) is 13.3. The molecule has 0 aliphatic carbocycles. The normalized spacial score (nSPS) is 20.2. The van der Waals surface area contributed by atoms with Crippen LogP contribution in [0.4, 0.5) is 10.2 Å². The lowest BCUT2D eigenvalue weighted by Gasteiger charge is -2.26. The van der Waals surface area contributed by atoms with Crippen molar-refractivity contribution in [3.05, 3.63) is 42.5 Å². The van der Waals surface area contributed by atoms with Crippen molar-refractivity contribution in [2.75, 3.05) is 38.5 Å². The Balaban J connectivity index is 1.37. The summed E-state index contributed by atoms with van der Waals surface area (Å²) in [6.45, 7) is 9.04. The molecule has 1 unspecified atom stereocenters. The average molecular weight is 525 g/mol. The Labute approximate surface area is 223 Å². The highest BCUT2D eigenvalue weighted by molar-refractivity contribution is 5.75. The largest absolute Gasteiger partial charge is 0.467 e. The van der Waals surface area contributed by atoms with Crippen LogP contribution < -0.4 is 15.0 Å². The van der Waals surface area contributed by atoms with Crippen molar-refractivity contribution in [3.8, 4) is 28.1 Å². The quantitative estimate of drug-likeness (QED) is 0.421. The Morgan fingerprint density at radius 3 is 2.71 bits per heavy atom. The lowest BCUT2D eigenvalue weighted by atomic mass is 10.0. The van der Waals surface area contributed by atoms with E-state index in [1.54, 1.807) is 24.1 Å². The number of ether oxygens (including phenoxy) is 3. The number of benzene rings is 1. The van der Waals surface area contributed by atoms with E-state index in [2.05, 4.69) is 46.3 Å². The zero-order valence-corrected chi connectivity index (χ0v) is 22.6. The molecule has 0 amide bonds. The summed E-state index contributed by atoms with van der Waals surface area (Å²) in [4.78, 5) is 2.22. The van der Waals surface area contributed by atoms with Gasteiger partial charge in [-0.05, 0) is 70.7 Å². The van der Waals surface area contributed by atoms with Gasteiger partial charge in [-0.2, -0.15) is 5.10 Å². The highest BCUT2D eigenvalue weighted by Gasteiger charge is 2.27. The predicted molar refractivity (Wildman–Crippen MR) is 143 cm³/mol. The molecular weight excluding hydrogens is 487 g/mol. The molecule has 2 saturated heterocycles. The molecule has 0 bridgehead atoms. The van der Waals surface area contributed by atoms with Crippen molar-refractivity contribution >= 4 is 5.82 Å². The lowest BCUT2D eigenvalue weighted by Crippen LogP contribution is -2.45. The number of methoxy groups -OCH3 is 1. The Hall–Kier alpha value is -3.08. The van der Waals surface area contributed by atoms with Gasteiger partial charge in [0.2, 0.25) is 0 Å². The summed E-state index contributed by atoms with van der Waals surface area (Å²) in [6.07, 6.45) is 7.44. The van der Waals surface area contributed by atoms with E-state index in [-0.39, 0.29) is 18.6 Å². The van der Waals surface area contributed by atoms with Gasteiger partial charge in [-0.15, -0.1) is 10.2 Å². The standard InChI is InChI=1S/C28H37FN6O3/c1-28(2,3)31-20-10-11-34(17-20)26-9-8-24(32-33-26)22-13-23(29)21(14-25(22)38-18-36-4)19-15-30-35(16-19)27-7-5-6-12-37-27/h8-9,13-16,20,27,31H,5-7,10-12,17-18H2,1-4H3/t20-,27?/m0/s1. The maximum Gasteiger partial charge on any atom is 0.188 e. The monoisotopic (exact) mass is 524 g/mol.